The maximum atomic E-state index is 11.2. The normalized spacial score (nSPS) is 12.6. The van der Waals surface area contributed by atoms with Gasteiger partial charge in [-0.05, 0) is 30.5 Å². The molecule has 0 radical (unpaired) electrons. The summed E-state index contributed by atoms with van der Waals surface area (Å²) < 4.78 is 0. The van der Waals surface area contributed by atoms with E-state index >= 15 is 0 Å². The van der Waals surface area contributed by atoms with Crippen LogP contribution in [0.15, 0.2) is 23.1 Å². The molecule has 1 aromatic rings. The molecule has 0 saturated carbocycles. The standard InChI is InChI=1S/C11H13BrOS/c1-3-8-4-5-10(14)9(6-8)11(12)7(2)13/h4-6,11,14H,3H2,1-2H3. The van der Waals surface area contributed by atoms with E-state index in [1.54, 1.807) is 6.92 Å². The lowest BCUT2D eigenvalue weighted by Gasteiger charge is -2.10. The number of benzene rings is 1. The Morgan fingerprint density at radius 2 is 2.21 bits per heavy atom. The first-order valence-electron chi connectivity index (χ1n) is 4.52. The van der Waals surface area contributed by atoms with Crippen LogP contribution in [-0.2, 0) is 11.2 Å². The van der Waals surface area contributed by atoms with Gasteiger partial charge in [0.15, 0.2) is 0 Å². The second-order valence-electron chi connectivity index (χ2n) is 3.22. The minimum Gasteiger partial charge on any atom is -0.298 e. The van der Waals surface area contributed by atoms with Gasteiger partial charge >= 0.3 is 0 Å². The van der Waals surface area contributed by atoms with Crippen molar-refractivity contribution in [3.05, 3.63) is 29.3 Å². The van der Waals surface area contributed by atoms with E-state index < -0.39 is 0 Å². The van der Waals surface area contributed by atoms with Gasteiger partial charge in [-0.3, -0.25) is 4.79 Å². The molecule has 1 nitrogen and oxygen atoms in total. The summed E-state index contributed by atoms with van der Waals surface area (Å²) in [6.45, 7) is 3.67. The molecule has 0 spiro atoms. The molecule has 0 heterocycles. The fourth-order valence-electron chi connectivity index (χ4n) is 1.25. The van der Waals surface area contributed by atoms with Crippen LogP contribution in [-0.4, -0.2) is 5.78 Å². The van der Waals surface area contributed by atoms with E-state index in [9.17, 15) is 4.79 Å². The zero-order valence-corrected chi connectivity index (χ0v) is 10.7. The number of halogens is 1. The Kier molecular flexibility index (Phi) is 4.20. The second kappa shape index (κ2) is 4.99. The Labute approximate surface area is 98.4 Å². The smallest absolute Gasteiger partial charge is 0.147 e. The lowest BCUT2D eigenvalue weighted by Crippen LogP contribution is -2.02. The lowest BCUT2D eigenvalue weighted by atomic mass is 10.0. The van der Waals surface area contributed by atoms with Crippen LogP contribution in [0.25, 0.3) is 0 Å². The third kappa shape index (κ3) is 2.61. The van der Waals surface area contributed by atoms with Crippen LogP contribution >= 0.6 is 28.6 Å². The molecular formula is C11H13BrOS. The van der Waals surface area contributed by atoms with Crippen LogP contribution in [0.4, 0.5) is 0 Å². The highest BCUT2D eigenvalue weighted by Gasteiger charge is 2.15. The van der Waals surface area contributed by atoms with Crippen LogP contribution < -0.4 is 0 Å². The minimum atomic E-state index is -0.235. The summed E-state index contributed by atoms with van der Waals surface area (Å²) in [6.07, 6.45) is 0.971. The predicted octanol–water partition coefficient (Wildman–Crippen LogP) is 3.56. The van der Waals surface area contributed by atoms with Crippen LogP contribution in [0.3, 0.4) is 0 Å². The number of ketones is 1. The van der Waals surface area contributed by atoms with Crippen molar-refractivity contribution in [3.8, 4) is 0 Å². The van der Waals surface area contributed by atoms with E-state index in [-0.39, 0.29) is 10.6 Å². The van der Waals surface area contributed by atoms with Crippen LogP contribution in [0.2, 0.25) is 0 Å². The Morgan fingerprint density at radius 1 is 1.57 bits per heavy atom. The Hall–Kier alpha value is -0.280. The molecule has 0 aromatic heterocycles. The second-order valence-corrected chi connectivity index (χ2v) is 4.62. The molecular weight excluding hydrogens is 260 g/mol. The van der Waals surface area contributed by atoms with Gasteiger partial charge in [0.2, 0.25) is 0 Å². The fourth-order valence-corrected chi connectivity index (χ4v) is 2.07. The number of thiol groups is 1. The molecule has 14 heavy (non-hydrogen) atoms. The highest BCUT2D eigenvalue weighted by atomic mass is 79.9. The van der Waals surface area contributed by atoms with Gasteiger partial charge in [0, 0.05) is 4.90 Å². The first-order chi connectivity index (χ1) is 6.56. The predicted molar refractivity (Wildman–Crippen MR) is 65.4 cm³/mol. The fraction of sp³-hybridized carbons (Fsp3) is 0.364. The summed E-state index contributed by atoms with van der Waals surface area (Å²) in [5.41, 5.74) is 2.18. The largest absolute Gasteiger partial charge is 0.298 e. The average molecular weight is 273 g/mol. The Morgan fingerprint density at radius 3 is 2.71 bits per heavy atom. The number of alkyl halides is 1. The number of carbonyl (C=O) groups is 1. The van der Waals surface area contributed by atoms with Gasteiger partial charge in [0.1, 0.15) is 5.78 Å². The molecule has 0 saturated heterocycles. The van der Waals surface area contributed by atoms with Crippen molar-refractivity contribution in [3.63, 3.8) is 0 Å². The molecule has 1 atom stereocenters. The van der Waals surface area contributed by atoms with Crippen LogP contribution in [0.1, 0.15) is 29.8 Å². The highest BCUT2D eigenvalue weighted by molar-refractivity contribution is 9.09. The monoisotopic (exact) mass is 272 g/mol. The number of hydrogen-bond acceptors (Lipinski definition) is 2. The summed E-state index contributed by atoms with van der Waals surface area (Å²) in [4.78, 5) is 11.8. The molecule has 76 valence electrons. The summed E-state index contributed by atoms with van der Waals surface area (Å²) in [5, 5.41) is 0. The Balaban J connectivity index is 3.11. The molecule has 3 heteroatoms. The van der Waals surface area contributed by atoms with Crippen molar-refractivity contribution in [1.82, 2.24) is 0 Å². The van der Waals surface area contributed by atoms with Crippen molar-refractivity contribution in [1.29, 1.82) is 0 Å². The molecule has 1 rings (SSSR count). The van der Waals surface area contributed by atoms with Crippen molar-refractivity contribution in [2.75, 3.05) is 0 Å². The van der Waals surface area contributed by atoms with Gasteiger partial charge in [-0.1, -0.05) is 35.0 Å². The third-order valence-corrected chi connectivity index (χ3v) is 3.68. The number of hydrogen-bond donors (Lipinski definition) is 1. The van der Waals surface area contributed by atoms with Crippen molar-refractivity contribution in [2.45, 2.75) is 30.0 Å². The van der Waals surface area contributed by atoms with Gasteiger partial charge in [-0.25, -0.2) is 0 Å². The van der Waals surface area contributed by atoms with Gasteiger partial charge in [-0.15, -0.1) is 12.6 Å². The summed E-state index contributed by atoms with van der Waals surface area (Å²) in [6, 6.07) is 6.00. The van der Waals surface area contributed by atoms with E-state index in [0.29, 0.717) is 0 Å². The van der Waals surface area contributed by atoms with E-state index in [1.807, 2.05) is 18.2 Å². The molecule has 0 aliphatic carbocycles. The highest BCUT2D eigenvalue weighted by Crippen LogP contribution is 2.30. The number of aryl methyl sites for hydroxylation is 1. The lowest BCUT2D eigenvalue weighted by molar-refractivity contribution is -0.116. The first-order valence-corrected chi connectivity index (χ1v) is 5.88. The SMILES string of the molecule is CCc1ccc(S)c(C(Br)C(C)=O)c1. The van der Waals surface area contributed by atoms with Gasteiger partial charge in [-0.2, -0.15) is 0 Å². The first kappa shape index (κ1) is 11.8. The van der Waals surface area contributed by atoms with Crippen molar-refractivity contribution < 1.29 is 4.79 Å². The van der Waals surface area contributed by atoms with Crippen molar-refractivity contribution in [2.24, 2.45) is 0 Å². The maximum Gasteiger partial charge on any atom is 0.147 e. The zero-order chi connectivity index (χ0) is 10.7. The number of Topliss-reactive ketones (excluding diaryl/α,β-unsaturated/α-hetero) is 1. The zero-order valence-electron chi connectivity index (χ0n) is 8.25. The van der Waals surface area contributed by atoms with E-state index in [4.69, 9.17) is 0 Å². The summed E-state index contributed by atoms with van der Waals surface area (Å²) in [5.74, 6) is 0.105. The molecule has 0 aliphatic heterocycles. The number of carbonyl (C=O) groups excluding carboxylic acids is 1. The van der Waals surface area contributed by atoms with Crippen LogP contribution in [0, 0.1) is 0 Å². The topological polar surface area (TPSA) is 17.1 Å². The van der Waals surface area contributed by atoms with Gasteiger partial charge in [0.25, 0.3) is 0 Å². The molecule has 1 unspecified atom stereocenters. The van der Waals surface area contributed by atoms with Gasteiger partial charge in [0.05, 0.1) is 4.83 Å². The molecule has 0 N–H and O–H groups in total. The van der Waals surface area contributed by atoms with Crippen LogP contribution in [0.5, 0.6) is 0 Å². The van der Waals surface area contributed by atoms with Gasteiger partial charge < -0.3 is 0 Å². The quantitative estimate of drug-likeness (QED) is 0.658. The summed E-state index contributed by atoms with van der Waals surface area (Å²) in [7, 11) is 0. The Bertz CT molecular complexity index is 349. The molecule has 0 fully saturated rings. The maximum absolute atomic E-state index is 11.2. The molecule has 0 aliphatic rings. The minimum absolute atomic E-state index is 0.105. The van der Waals surface area contributed by atoms with E-state index in [1.165, 1.54) is 5.56 Å². The van der Waals surface area contributed by atoms with E-state index in [0.717, 1.165) is 16.9 Å². The average Bonchev–Trinajstić information content (AvgIpc) is 2.17. The van der Waals surface area contributed by atoms with Crippen molar-refractivity contribution >= 4 is 34.3 Å². The van der Waals surface area contributed by atoms with E-state index in [2.05, 4.69) is 35.5 Å². The molecule has 1 aromatic carbocycles. The summed E-state index contributed by atoms with van der Waals surface area (Å²) >= 11 is 7.70. The molecule has 0 amide bonds. The molecule has 0 bridgehead atoms. The number of rotatable bonds is 3. The third-order valence-electron chi connectivity index (χ3n) is 2.13.